The van der Waals surface area contributed by atoms with E-state index in [2.05, 4.69) is 31.3 Å². The van der Waals surface area contributed by atoms with Gasteiger partial charge in [-0.3, -0.25) is 9.78 Å². The lowest BCUT2D eigenvalue weighted by Crippen LogP contribution is -2.32. The van der Waals surface area contributed by atoms with Crippen LogP contribution in [0.5, 0.6) is 0 Å². The molecule has 2 N–H and O–H groups in total. The first kappa shape index (κ1) is 20.5. The van der Waals surface area contributed by atoms with Gasteiger partial charge in [-0.15, -0.1) is 0 Å². The second-order valence-corrected chi connectivity index (χ2v) is 7.81. The molecule has 0 unspecified atom stereocenters. The molecule has 0 aliphatic rings. The molecular formula is C24H26N6O. The van der Waals surface area contributed by atoms with Gasteiger partial charge >= 0.3 is 0 Å². The second kappa shape index (κ2) is 8.95. The summed E-state index contributed by atoms with van der Waals surface area (Å²) in [6, 6.07) is 13.6. The molecule has 0 aliphatic heterocycles. The van der Waals surface area contributed by atoms with E-state index in [1.54, 1.807) is 12.4 Å². The number of aromatic amines is 1. The molecule has 1 aromatic carbocycles. The molecule has 0 radical (unpaired) electrons. The third-order valence-electron chi connectivity index (χ3n) is 5.18. The molecule has 0 bridgehead atoms. The fourth-order valence-electron chi connectivity index (χ4n) is 3.67. The molecule has 31 heavy (non-hydrogen) atoms. The fourth-order valence-corrected chi connectivity index (χ4v) is 3.67. The molecule has 158 valence electrons. The molecule has 3 heterocycles. The Labute approximate surface area is 181 Å². The van der Waals surface area contributed by atoms with Crippen molar-refractivity contribution in [2.75, 3.05) is 19.0 Å². The SMILES string of the molecule is Cc1nc([C@@H](Cc2c[nH]c3ccccc23)NC(=O)Cc2cccnc2)cc(N(C)C)n1. The summed E-state index contributed by atoms with van der Waals surface area (Å²) in [7, 11) is 3.89. The third kappa shape index (κ3) is 4.88. The number of carbonyl (C=O) groups is 1. The number of H-pyrrole nitrogens is 1. The molecule has 0 spiro atoms. The number of benzene rings is 1. The van der Waals surface area contributed by atoms with Crippen molar-refractivity contribution in [3.63, 3.8) is 0 Å². The van der Waals surface area contributed by atoms with Crippen molar-refractivity contribution in [2.24, 2.45) is 0 Å². The number of hydrogen-bond acceptors (Lipinski definition) is 5. The Morgan fingerprint density at radius 2 is 2.00 bits per heavy atom. The Hall–Kier alpha value is -3.74. The molecule has 0 fully saturated rings. The average Bonchev–Trinajstić information content (AvgIpc) is 3.16. The van der Waals surface area contributed by atoms with Crippen molar-refractivity contribution >= 4 is 22.6 Å². The number of para-hydroxylation sites is 1. The maximum atomic E-state index is 12.9. The predicted molar refractivity (Wildman–Crippen MR) is 122 cm³/mol. The molecule has 0 saturated heterocycles. The summed E-state index contributed by atoms with van der Waals surface area (Å²) >= 11 is 0. The first-order chi connectivity index (χ1) is 15.0. The van der Waals surface area contributed by atoms with E-state index >= 15 is 0 Å². The number of aryl methyl sites for hydroxylation is 1. The first-order valence-electron chi connectivity index (χ1n) is 10.3. The number of aromatic nitrogens is 4. The van der Waals surface area contributed by atoms with Gasteiger partial charge in [0.05, 0.1) is 18.2 Å². The zero-order valence-electron chi connectivity index (χ0n) is 18.0. The highest BCUT2D eigenvalue weighted by atomic mass is 16.1. The van der Waals surface area contributed by atoms with E-state index in [4.69, 9.17) is 0 Å². The minimum Gasteiger partial charge on any atom is -0.363 e. The normalized spacial score (nSPS) is 12.0. The van der Waals surface area contributed by atoms with E-state index in [0.29, 0.717) is 12.2 Å². The van der Waals surface area contributed by atoms with Gasteiger partial charge in [0.25, 0.3) is 0 Å². The number of nitrogens with zero attached hydrogens (tertiary/aromatic N) is 4. The van der Waals surface area contributed by atoms with Crippen LogP contribution in [0.25, 0.3) is 10.9 Å². The summed E-state index contributed by atoms with van der Waals surface area (Å²) < 4.78 is 0. The number of fused-ring (bicyclic) bond motifs is 1. The largest absolute Gasteiger partial charge is 0.363 e. The van der Waals surface area contributed by atoms with Crippen LogP contribution in [0.4, 0.5) is 5.82 Å². The Bertz CT molecular complexity index is 1190. The lowest BCUT2D eigenvalue weighted by molar-refractivity contribution is -0.121. The van der Waals surface area contributed by atoms with E-state index in [1.165, 1.54) is 0 Å². The lowest BCUT2D eigenvalue weighted by atomic mass is 10.0. The van der Waals surface area contributed by atoms with E-state index in [1.807, 2.05) is 68.5 Å². The van der Waals surface area contributed by atoms with Crippen LogP contribution in [0.15, 0.2) is 61.1 Å². The summed E-state index contributed by atoms with van der Waals surface area (Å²) in [4.78, 5) is 31.4. The number of rotatable bonds is 7. The van der Waals surface area contributed by atoms with Crippen LogP contribution in [0.2, 0.25) is 0 Å². The molecule has 4 aromatic rings. The van der Waals surface area contributed by atoms with Crippen molar-refractivity contribution in [3.05, 3.63) is 83.7 Å². The highest BCUT2D eigenvalue weighted by molar-refractivity contribution is 5.83. The van der Waals surface area contributed by atoms with E-state index in [0.717, 1.165) is 33.5 Å². The van der Waals surface area contributed by atoms with Gasteiger partial charge in [0, 0.05) is 56.1 Å². The Kier molecular flexibility index (Phi) is 5.93. The monoisotopic (exact) mass is 414 g/mol. The van der Waals surface area contributed by atoms with Crippen LogP contribution < -0.4 is 10.2 Å². The van der Waals surface area contributed by atoms with Gasteiger partial charge in [0.15, 0.2) is 0 Å². The first-order valence-corrected chi connectivity index (χ1v) is 10.3. The van der Waals surface area contributed by atoms with E-state index in [-0.39, 0.29) is 18.4 Å². The predicted octanol–water partition coefficient (Wildman–Crippen LogP) is 3.37. The molecule has 1 atom stereocenters. The minimum atomic E-state index is -0.288. The van der Waals surface area contributed by atoms with Gasteiger partial charge in [0.1, 0.15) is 11.6 Å². The summed E-state index contributed by atoms with van der Waals surface area (Å²) in [5.74, 6) is 1.42. The van der Waals surface area contributed by atoms with Crippen LogP contribution >= 0.6 is 0 Å². The number of anilines is 1. The van der Waals surface area contributed by atoms with Gasteiger partial charge in [-0.05, 0) is 30.2 Å². The molecule has 0 saturated carbocycles. The number of pyridine rings is 1. The van der Waals surface area contributed by atoms with Gasteiger partial charge in [0.2, 0.25) is 5.91 Å². The maximum absolute atomic E-state index is 12.9. The number of hydrogen-bond donors (Lipinski definition) is 2. The molecule has 7 heteroatoms. The molecule has 4 rings (SSSR count). The van der Waals surface area contributed by atoms with Gasteiger partial charge in [-0.1, -0.05) is 24.3 Å². The zero-order chi connectivity index (χ0) is 21.8. The molecule has 0 aliphatic carbocycles. The van der Waals surface area contributed by atoms with Gasteiger partial charge in [-0.2, -0.15) is 0 Å². The maximum Gasteiger partial charge on any atom is 0.225 e. The van der Waals surface area contributed by atoms with Crippen LogP contribution in [-0.2, 0) is 17.6 Å². The molecule has 3 aromatic heterocycles. The van der Waals surface area contributed by atoms with Crippen molar-refractivity contribution in [1.29, 1.82) is 0 Å². The van der Waals surface area contributed by atoms with E-state index < -0.39 is 0 Å². The number of nitrogens with one attached hydrogen (secondary N) is 2. The third-order valence-corrected chi connectivity index (χ3v) is 5.18. The fraction of sp³-hybridized carbons (Fsp3) is 0.250. The molecule has 1 amide bonds. The highest BCUT2D eigenvalue weighted by Gasteiger charge is 2.20. The molecule has 7 nitrogen and oxygen atoms in total. The smallest absolute Gasteiger partial charge is 0.225 e. The topological polar surface area (TPSA) is 86.8 Å². The van der Waals surface area contributed by atoms with Crippen molar-refractivity contribution in [1.82, 2.24) is 25.3 Å². The van der Waals surface area contributed by atoms with Gasteiger partial charge in [-0.25, -0.2) is 9.97 Å². The number of carbonyl (C=O) groups excluding carboxylic acids is 1. The Balaban J connectivity index is 1.65. The lowest BCUT2D eigenvalue weighted by Gasteiger charge is -2.21. The standard InChI is InChI=1S/C24H26N6O/c1-16-27-22(13-23(28-16)30(2)3)21(29-24(31)11-17-7-6-10-25-14-17)12-18-15-26-20-9-5-4-8-19(18)20/h4-10,13-15,21,26H,11-12H2,1-3H3,(H,29,31)/t21-/m1/s1. The summed E-state index contributed by atoms with van der Waals surface area (Å²) in [5.41, 5.74) is 3.87. The van der Waals surface area contributed by atoms with Crippen molar-refractivity contribution in [3.8, 4) is 0 Å². The van der Waals surface area contributed by atoms with Crippen LogP contribution in [0.3, 0.4) is 0 Å². The Morgan fingerprint density at radius 1 is 1.16 bits per heavy atom. The van der Waals surface area contributed by atoms with Crippen molar-refractivity contribution in [2.45, 2.75) is 25.8 Å². The molecular weight excluding hydrogens is 388 g/mol. The minimum absolute atomic E-state index is 0.0690. The summed E-state index contributed by atoms with van der Waals surface area (Å²) in [6.45, 7) is 1.87. The van der Waals surface area contributed by atoms with Crippen molar-refractivity contribution < 1.29 is 4.79 Å². The van der Waals surface area contributed by atoms with Crippen LogP contribution in [0, 0.1) is 6.92 Å². The summed E-state index contributed by atoms with van der Waals surface area (Å²) in [5, 5.41) is 4.33. The van der Waals surface area contributed by atoms with Crippen LogP contribution in [-0.4, -0.2) is 39.9 Å². The van der Waals surface area contributed by atoms with E-state index in [9.17, 15) is 4.79 Å². The average molecular weight is 415 g/mol. The quantitative estimate of drug-likeness (QED) is 0.484. The second-order valence-electron chi connectivity index (χ2n) is 7.81. The zero-order valence-corrected chi connectivity index (χ0v) is 18.0. The summed E-state index contributed by atoms with van der Waals surface area (Å²) in [6.07, 6.45) is 6.31. The number of amides is 1. The van der Waals surface area contributed by atoms with Crippen LogP contribution in [0.1, 0.15) is 28.7 Å². The van der Waals surface area contributed by atoms with Gasteiger partial charge < -0.3 is 15.2 Å². The Morgan fingerprint density at radius 3 is 2.77 bits per heavy atom. The highest BCUT2D eigenvalue weighted by Crippen LogP contribution is 2.25.